The molecule has 0 aromatic rings. The van der Waals surface area contributed by atoms with E-state index in [9.17, 15) is 43.2 Å². The third kappa shape index (κ3) is 68.4. The standard InChI is InChI=1S/C74H144O17P2/c1-6-9-12-15-18-20-22-23-24-25-26-27-28-29-32-36-40-45-50-55-60-74(79)91-70(64-85-72(77)58-53-48-43-39-35-33-30-31-34-37-42-46-51-56-67(4)5)66-89-93(82,83)87-62-68(75)61-86-92(80,81)88-65-69(63-84-71(76)57-52-47-41-17-14-11-8-3)90-73(78)59-54-49-44-38-21-19-16-13-10-7-2/h67-70,75H,6-66H2,1-5H3,(H,80,81)(H,82,83)/t68-,69+,70+/m0/s1. The molecule has 19 heteroatoms. The van der Waals surface area contributed by atoms with Crippen molar-refractivity contribution in [1.29, 1.82) is 0 Å². The molecule has 0 amide bonds. The van der Waals surface area contributed by atoms with Crippen molar-refractivity contribution in [2.45, 2.75) is 406 Å². The fraction of sp³-hybridized carbons (Fsp3) is 0.946. The van der Waals surface area contributed by atoms with Crippen LogP contribution in [0.4, 0.5) is 0 Å². The summed E-state index contributed by atoms with van der Waals surface area (Å²) in [6.45, 7) is 7.24. The van der Waals surface area contributed by atoms with Gasteiger partial charge in [0.1, 0.15) is 19.3 Å². The number of unbranched alkanes of at least 4 members (excludes halogenated alkanes) is 46. The normalized spacial score (nSPS) is 14.0. The predicted molar refractivity (Wildman–Crippen MR) is 377 cm³/mol. The molecule has 0 aromatic carbocycles. The van der Waals surface area contributed by atoms with Crippen LogP contribution in [-0.4, -0.2) is 96.7 Å². The predicted octanol–water partition coefficient (Wildman–Crippen LogP) is 21.7. The van der Waals surface area contributed by atoms with Crippen molar-refractivity contribution in [1.82, 2.24) is 0 Å². The number of hydrogen-bond donors (Lipinski definition) is 3. The number of hydrogen-bond acceptors (Lipinski definition) is 15. The van der Waals surface area contributed by atoms with Crippen LogP contribution in [0.15, 0.2) is 0 Å². The Hall–Kier alpha value is -1.94. The molecular formula is C74H144O17P2. The van der Waals surface area contributed by atoms with E-state index in [4.69, 9.17) is 37.0 Å². The summed E-state index contributed by atoms with van der Waals surface area (Å²) in [5.41, 5.74) is 0. The molecule has 3 N–H and O–H groups in total. The fourth-order valence-corrected chi connectivity index (χ4v) is 12.9. The Morgan fingerprint density at radius 3 is 0.731 bits per heavy atom. The highest BCUT2D eigenvalue weighted by Crippen LogP contribution is 2.45. The van der Waals surface area contributed by atoms with Gasteiger partial charge in [-0.15, -0.1) is 0 Å². The number of esters is 4. The SMILES string of the molecule is CCCCCCCCCCCCCCCCCCCCCCC(=O)O[C@H](COC(=O)CCCCCCCCCCCCCCCC(C)C)COP(=O)(O)OC[C@@H](O)COP(=O)(O)OC[C@@H](COC(=O)CCCCCCCCC)OC(=O)CCCCCCCCCCCC. The topological polar surface area (TPSA) is 237 Å². The zero-order valence-corrected chi connectivity index (χ0v) is 62.2. The van der Waals surface area contributed by atoms with Crippen molar-refractivity contribution in [2.24, 2.45) is 5.92 Å². The van der Waals surface area contributed by atoms with Gasteiger partial charge in [-0.25, -0.2) is 9.13 Å². The third-order valence-electron chi connectivity index (χ3n) is 17.3. The second-order valence-electron chi connectivity index (χ2n) is 27.2. The highest BCUT2D eigenvalue weighted by atomic mass is 31.2. The first-order valence-corrected chi connectivity index (χ1v) is 41.6. The Labute approximate surface area is 568 Å². The number of ether oxygens (including phenoxy) is 4. The Morgan fingerprint density at radius 2 is 0.495 bits per heavy atom. The maximum absolute atomic E-state index is 13.1. The molecule has 0 saturated heterocycles. The molecule has 0 radical (unpaired) electrons. The lowest BCUT2D eigenvalue weighted by Crippen LogP contribution is -2.30. The van der Waals surface area contributed by atoms with Crippen LogP contribution in [0.3, 0.4) is 0 Å². The molecule has 0 spiro atoms. The van der Waals surface area contributed by atoms with E-state index in [1.165, 1.54) is 199 Å². The van der Waals surface area contributed by atoms with Crippen molar-refractivity contribution >= 4 is 39.5 Å². The fourth-order valence-electron chi connectivity index (χ4n) is 11.4. The first-order valence-electron chi connectivity index (χ1n) is 38.6. The van der Waals surface area contributed by atoms with Gasteiger partial charge in [-0.05, 0) is 31.6 Å². The largest absolute Gasteiger partial charge is 0.472 e. The summed E-state index contributed by atoms with van der Waals surface area (Å²) < 4.78 is 68.3. The lowest BCUT2D eigenvalue weighted by molar-refractivity contribution is -0.161. The van der Waals surface area contributed by atoms with Crippen LogP contribution >= 0.6 is 15.6 Å². The van der Waals surface area contributed by atoms with Gasteiger partial charge in [0.25, 0.3) is 0 Å². The molecule has 0 bridgehead atoms. The van der Waals surface area contributed by atoms with Crippen LogP contribution in [0.2, 0.25) is 0 Å². The van der Waals surface area contributed by atoms with Crippen LogP contribution in [0.1, 0.15) is 388 Å². The third-order valence-corrected chi connectivity index (χ3v) is 19.2. The molecule has 93 heavy (non-hydrogen) atoms. The number of phosphoric ester groups is 2. The Balaban J connectivity index is 5.16. The van der Waals surface area contributed by atoms with E-state index in [0.29, 0.717) is 25.7 Å². The van der Waals surface area contributed by atoms with E-state index in [0.717, 1.165) is 109 Å². The van der Waals surface area contributed by atoms with E-state index in [1.807, 2.05) is 0 Å². The highest BCUT2D eigenvalue weighted by molar-refractivity contribution is 7.47. The Morgan fingerprint density at radius 1 is 0.290 bits per heavy atom. The van der Waals surface area contributed by atoms with Gasteiger partial charge in [-0.2, -0.15) is 0 Å². The van der Waals surface area contributed by atoms with Crippen LogP contribution < -0.4 is 0 Å². The summed E-state index contributed by atoms with van der Waals surface area (Å²) in [6.07, 6.45) is 55.7. The molecule has 0 rings (SSSR count). The molecule has 0 aliphatic heterocycles. The zero-order valence-electron chi connectivity index (χ0n) is 60.4. The highest BCUT2D eigenvalue weighted by Gasteiger charge is 2.30. The summed E-state index contributed by atoms with van der Waals surface area (Å²) in [4.78, 5) is 72.5. The van der Waals surface area contributed by atoms with Crippen LogP contribution in [0.25, 0.3) is 0 Å². The molecule has 2 unspecified atom stereocenters. The molecule has 5 atom stereocenters. The van der Waals surface area contributed by atoms with Gasteiger partial charge in [0.05, 0.1) is 26.4 Å². The molecular weight excluding hydrogens is 1220 g/mol. The molecule has 0 heterocycles. The average Bonchev–Trinajstić information content (AvgIpc) is 3.09. The number of aliphatic hydroxyl groups excluding tert-OH is 1. The van der Waals surface area contributed by atoms with Gasteiger partial charge in [-0.1, -0.05) is 336 Å². The number of phosphoric acid groups is 2. The second-order valence-corrected chi connectivity index (χ2v) is 30.1. The van der Waals surface area contributed by atoms with E-state index >= 15 is 0 Å². The van der Waals surface area contributed by atoms with E-state index in [2.05, 4.69) is 34.6 Å². The minimum absolute atomic E-state index is 0.106. The van der Waals surface area contributed by atoms with Crippen molar-refractivity contribution in [3.05, 3.63) is 0 Å². The van der Waals surface area contributed by atoms with Crippen molar-refractivity contribution in [3.8, 4) is 0 Å². The van der Waals surface area contributed by atoms with E-state index in [-0.39, 0.29) is 25.7 Å². The maximum atomic E-state index is 13.1. The van der Waals surface area contributed by atoms with E-state index < -0.39 is 97.5 Å². The number of carbonyl (C=O) groups excluding carboxylic acids is 4. The van der Waals surface area contributed by atoms with Crippen molar-refractivity contribution < 1.29 is 80.2 Å². The first kappa shape index (κ1) is 91.1. The molecule has 0 aromatic heterocycles. The van der Waals surface area contributed by atoms with Crippen LogP contribution in [-0.2, 0) is 65.4 Å². The Bertz CT molecular complexity index is 1790. The molecule has 0 fully saturated rings. The summed E-state index contributed by atoms with van der Waals surface area (Å²) in [6, 6.07) is 0. The Kier molecular flexibility index (Phi) is 65.9. The first-order chi connectivity index (χ1) is 45.0. The number of aliphatic hydroxyl groups is 1. The number of rotatable bonds is 74. The maximum Gasteiger partial charge on any atom is 0.472 e. The zero-order chi connectivity index (χ0) is 68.4. The van der Waals surface area contributed by atoms with Gasteiger partial charge in [-0.3, -0.25) is 37.3 Å². The minimum Gasteiger partial charge on any atom is -0.462 e. The molecule has 552 valence electrons. The van der Waals surface area contributed by atoms with Gasteiger partial charge >= 0.3 is 39.5 Å². The van der Waals surface area contributed by atoms with Gasteiger partial charge in [0.2, 0.25) is 0 Å². The van der Waals surface area contributed by atoms with Crippen LogP contribution in [0, 0.1) is 5.92 Å². The van der Waals surface area contributed by atoms with Crippen molar-refractivity contribution in [2.75, 3.05) is 39.6 Å². The molecule has 0 aliphatic carbocycles. The summed E-state index contributed by atoms with van der Waals surface area (Å²) in [7, 11) is -9.90. The average molecular weight is 1370 g/mol. The minimum atomic E-state index is -4.95. The monoisotopic (exact) mass is 1370 g/mol. The summed E-state index contributed by atoms with van der Waals surface area (Å²) >= 11 is 0. The number of carbonyl (C=O) groups is 4. The molecule has 17 nitrogen and oxygen atoms in total. The molecule has 0 aliphatic rings. The van der Waals surface area contributed by atoms with Crippen LogP contribution in [0.5, 0.6) is 0 Å². The van der Waals surface area contributed by atoms with E-state index in [1.54, 1.807) is 0 Å². The summed E-state index contributed by atoms with van der Waals surface area (Å²) in [5.74, 6) is -1.33. The second kappa shape index (κ2) is 67.3. The lowest BCUT2D eigenvalue weighted by atomic mass is 10.0. The van der Waals surface area contributed by atoms with Gasteiger partial charge in [0, 0.05) is 25.7 Å². The van der Waals surface area contributed by atoms with Crippen molar-refractivity contribution in [3.63, 3.8) is 0 Å². The smallest absolute Gasteiger partial charge is 0.462 e. The summed E-state index contributed by atoms with van der Waals surface area (Å²) in [5, 5.41) is 10.6. The molecule has 0 saturated carbocycles. The quantitative estimate of drug-likeness (QED) is 0.0222. The van der Waals surface area contributed by atoms with Gasteiger partial charge in [0.15, 0.2) is 12.2 Å². The lowest BCUT2D eigenvalue weighted by Gasteiger charge is -2.21. The van der Waals surface area contributed by atoms with Gasteiger partial charge < -0.3 is 33.8 Å².